The number of halogens is 3. The molecule has 2 amide bonds. The van der Waals surface area contributed by atoms with Gasteiger partial charge in [-0.25, -0.2) is 13.2 Å². The maximum atomic E-state index is 14.3. The molecule has 4 bridgehead atoms. The average molecular weight is 503 g/mol. The number of nitrogens with two attached hydrogens (primary N) is 1. The molecule has 12 heteroatoms. The molecular formula is C22H29F3N4O4S. The van der Waals surface area contributed by atoms with Gasteiger partial charge in [0, 0.05) is 36.7 Å². The summed E-state index contributed by atoms with van der Waals surface area (Å²) in [7, 11) is -3.83. The topological polar surface area (TPSA) is 119 Å². The van der Waals surface area contributed by atoms with Crippen molar-refractivity contribution in [3.8, 4) is 0 Å². The number of hydrogen-bond acceptors (Lipinski definition) is 6. The van der Waals surface area contributed by atoms with E-state index in [1.54, 1.807) is 0 Å². The molecule has 34 heavy (non-hydrogen) atoms. The van der Waals surface area contributed by atoms with E-state index < -0.39 is 45.4 Å². The summed E-state index contributed by atoms with van der Waals surface area (Å²) in [4.78, 5) is 25.1. The van der Waals surface area contributed by atoms with Gasteiger partial charge in [-0.1, -0.05) is 0 Å². The van der Waals surface area contributed by atoms with Crippen molar-refractivity contribution in [3.63, 3.8) is 0 Å². The summed E-state index contributed by atoms with van der Waals surface area (Å²) in [5, 5.41) is 3.04. The molecule has 4 aliphatic carbocycles. The number of primary amides is 1. The van der Waals surface area contributed by atoms with Gasteiger partial charge in [-0.05, 0) is 67.2 Å². The highest BCUT2D eigenvalue weighted by molar-refractivity contribution is 8.23. The number of nitrogens with zero attached hydrogens (tertiary/aromatic N) is 2. The highest BCUT2D eigenvalue weighted by Crippen LogP contribution is 2.60. The molecule has 1 heterocycles. The fraction of sp³-hybridized carbons (Fsp3) is 0.636. The molecule has 1 saturated heterocycles. The van der Waals surface area contributed by atoms with Crippen LogP contribution in [0.15, 0.2) is 12.1 Å². The van der Waals surface area contributed by atoms with Crippen LogP contribution in [0.5, 0.6) is 0 Å². The number of benzene rings is 1. The molecule has 8 nitrogen and oxygen atoms in total. The van der Waals surface area contributed by atoms with Gasteiger partial charge in [0.1, 0.15) is 0 Å². The van der Waals surface area contributed by atoms with E-state index in [2.05, 4.69) is 5.32 Å². The summed E-state index contributed by atoms with van der Waals surface area (Å²) in [6, 6.07) is 0.839. The highest BCUT2D eigenvalue weighted by atomic mass is 32.3. The molecule has 6 rings (SSSR count). The van der Waals surface area contributed by atoms with Crippen molar-refractivity contribution in [2.75, 3.05) is 23.9 Å². The highest BCUT2D eigenvalue weighted by Gasteiger charge is 2.58. The molecule has 1 aromatic carbocycles. The summed E-state index contributed by atoms with van der Waals surface area (Å²) in [5.41, 5.74) is 4.77. The minimum Gasteiger partial charge on any atom is -0.369 e. The maximum Gasteiger partial charge on any atom is 0.236 e. The molecule has 1 aromatic rings. The molecule has 4 saturated carbocycles. The average Bonchev–Trinajstić information content (AvgIpc) is 2.74. The molecule has 2 unspecified atom stereocenters. The Morgan fingerprint density at radius 1 is 1.06 bits per heavy atom. The number of anilines is 1. The van der Waals surface area contributed by atoms with Crippen molar-refractivity contribution < 1.29 is 31.9 Å². The molecule has 2 atom stereocenters. The van der Waals surface area contributed by atoms with E-state index in [9.17, 15) is 31.9 Å². The first-order valence-corrected chi connectivity index (χ1v) is 13.0. The van der Waals surface area contributed by atoms with E-state index in [0.29, 0.717) is 37.3 Å². The Balaban J connectivity index is 1.28. The second-order valence-corrected chi connectivity index (χ2v) is 12.2. The Hall–Kier alpha value is -2.02. The third kappa shape index (κ3) is 3.84. The fourth-order valence-electron chi connectivity index (χ4n) is 6.85. The van der Waals surface area contributed by atoms with E-state index in [4.69, 9.17) is 5.73 Å². The monoisotopic (exact) mass is 502 g/mol. The lowest BCUT2D eigenvalue weighted by Crippen LogP contribution is -2.62. The van der Waals surface area contributed by atoms with Gasteiger partial charge in [0.05, 0.1) is 12.2 Å². The van der Waals surface area contributed by atoms with Crippen LogP contribution in [0.3, 0.4) is 0 Å². The first-order chi connectivity index (χ1) is 16.0. The van der Waals surface area contributed by atoms with Gasteiger partial charge in [-0.3, -0.25) is 23.0 Å². The third-order valence-corrected chi connectivity index (χ3v) is 10.1. The van der Waals surface area contributed by atoms with Crippen LogP contribution in [-0.2, 0) is 9.59 Å². The van der Waals surface area contributed by atoms with Gasteiger partial charge in [0.15, 0.2) is 17.5 Å². The SMILES string of the molecule is NC(=O)C12CC3CC(C1)C(NC(=O)CN1CCCN(c4cc(F)c(F)cc4F)S1(O)O)C(C3)C2. The van der Waals surface area contributed by atoms with Crippen LogP contribution in [0, 0.1) is 40.6 Å². The van der Waals surface area contributed by atoms with E-state index in [0.717, 1.165) is 27.9 Å². The first-order valence-electron chi connectivity index (χ1n) is 11.5. The lowest BCUT2D eigenvalue weighted by atomic mass is 9.47. The molecule has 5 aliphatic rings. The lowest BCUT2D eigenvalue weighted by Gasteiger charge is -2.59. The Kier molecular flexibility index (Phi) is 5.78. The molecule has 5 fully saturated rings. The van der Waals surface area contributed by atoms with Crippen molar-refractivity contribution in [1.82, 2.24) is 9.62 Å². The third-order valence-electron chi connectivity index (χ3n) is 8.11. The lowest BCUT2D eigenvalue weighted by molar-refractivity contribution is -0.147. The van der Waals surface area contributed by atoms with E-state index in [1.807, 2.05) is 0 Å². The molecule has 0 spiro atoms. The molecule has 0 aromatic heterocycles. The standard InChI is InChI=1S/C22H29F3N4O4S/c23-15-6-17(25)18(7-16(15)24)29-3-1-2-28(34(29,32)33)11-19(30)27-20-13-4-12-5-14(20)10-22(8-12,9-13)21(26)31/h6-7,12-14,20,32-33H,1-5,8-11H2,(H2,26,31)(H,27,30). The maximum absolute atomic E-state index is 14.3. The number of amides is 2. The smallest absolute Gasteiger partial charge is 0.236 e. The molecular weight excluding hydrogens is 473 g/mol. The van der Waals surface area contributed by atoms with Crippen LogP contribution in [0.4, 0.5) is 18.9 Å². The number of carbonyl (C=O) groups excluding carboxylic acids is 2. The second-order valence-electron chi connectivity index (χ2n) is 10.2. The first kappa shape index (κ1) is 23.7. The predicted molar refractivity (Wildman–Crippen MR) is 120 cm³/mol. The van der Waals surface area contributed by atoms with Crippen LogP contribution in [0.1, 0.15) is 38.5 Å². The molecule has 0 radical (unpaired) electrons. The van der Waals surface area contributed by atoms with Gasteiger partial charge in [0.2, 0.25) is 11.8 Å². The number of hydrogen-bond donors (Lipinski definition) is 4. The molecule has 5 N–H and O–H groups in total. The summed E-state index contributed by atoms with van der Waals surface area (Å²) < 4.78 is 65.1. The fourth-order valence-corrected chi connectivity index (χ4v) is 8.57. The molecule has 1 aliphatic heterocycles. The largest absolute Gasteiger partial charge is 0.369 e. The van der Waals surface area contributed by atoms with Crippen LogP contribution >= 0.6 is 11.0 Å². The van der Waals surface area contributed by atoms with Crippen LogP contribution in [-0.4, -0.2) is 50.9 Å². The minimum absolute atomic E-state index is 0.00576. The van der Waals surface area contributed by atoms with Crippen molar-refractivity contribution >= 4 is 28.5 Å². The zero-order valence-electron chi connectivity index (χ0n) is 18.6. The van der Waals surface area contributed by atoms with Gasteiger partial charge in [-0.15, -0.1) is 0 Å². The number of nitrogens with one attached hydrogen (secondary N) is 1. The van der Waals surface area contributed by atoms with Crippen molar-refractivity contribution in [3.05, 3.63) is 29.6 Å². The second kappa shape index (κ2) is 8.28. The Morgan fingerprint density at radius 3 is 2.35 bits per heavy atom. The summed E-state index contributed by atoms with van der Waals surface area (Å²) in [5.74, 6) is -3.73. The Bertz CT molecular complexity index is 1010. The minimum atomic E-state index is -3.83. The van der Waals surface area contributed by atoms with Crippen molar-refractivity contribution in [2.45, 2.75) is 44.6 Å². The van der Waals surface area contributed by atoms with Gasteiger partial charge < -0.3 is 11.1 Å². The van der Waals surface area contributed by atoms with Crippen molar-refractivity contribution in [1.29, 1.82) is 0 Å². The van der Waals surface area contributed by atoms with Crippen LogP contribution < -0.4 is 15.4 Å². The summed E-state index contributed by atoms with van der Waals surface area (Å²) in [6.45, 7) is -0.168. The predicted octanol–water partition coefficient (Wildman–Crippen LogP) is 2.99. The van der Waals surface area contributed by atoms with Crippen molar-refractivity contribution in [2.24, 2.45) is 28.9 Å². The van der Waals surface area contributed by atoms with E-state index in [1.165, 1.54) is 0 Å². The Morgan fingerprint density at radius 2 is 1.71 bits per heavy atom. The summed E-state index contributed by atoms with van der Waals surface area (Å²) >= 11 is 0. The molecule has 188 valence electrons. The summed E-state index contributed by atoms with van der Waals surface area (Å²) in [6.07, 6.45) is 4.35. The Labute approximate surface area is 197 Å². The normalized spacial score (nSPS) is 35.3. The van der Waals surface area contributed by atoms with Gasteiger partial charge >= 0.3 is 0 Å². The van der Waals surface area contributed by atoms with Crippen LogP contribution in [0.25, 0.3) is 0 Å². The number of rotatable bonds is 5. The van der Waals surface area contributed by atoms with Gasteiger partial charge in [-0.2, -0.15) is 4.31 Å². The van der Waals surface area contributed by atoms with E-state index >= 15 is 0 Å². The zero-order valence-corrected chi connectivity index (χ0v) is 19.4. The van der Waals surface area contributed by atoms with Gasteiger partial charge in [0.25, 0.3) is 0 Å². The van der Waals surface area contributed by atoms with Crippen LogP contribution in [0.2, 0.25) is 0 Å². The zero-order chi connectivity index (χ0) is 24.4. The quantitative estimate of drug-likeness (QED) is 0.460. The number of carbonyl (C=O) groups is 2. The van der Waals surface area contributed by atoms with E-state index in [-0.39, 0.29) is 43.4 Å².